The molecule has 0 aliphatic carbocycles. The monoisotopic (exact) mass is 313 g/mol. The van der Waals surface area contributed by atoms with Crippen LogP contribution in [-0.2, 0) is 11.2 Å². The molecule has 0 unspecified atom stereocenters. The molecule has 1 aromatic carbocycles. The lowest BCUT2D eigenvalue weighted by atomic mass is 9.96. The zero-order chi connectivity index (χ0) is 16.2. The van der Waals surface area contributed by atoms with Crippen LogP contribution in [0.3, 0.4) is 0 Å². The number of rotatable bonds is 4. The second-order valence-electron chi connectivity index (χ2n) is 6.12. The zero-order valence-corrected chi connectivity index (χ0v) is 13.7. The van der Waals surface area contributed by atoms with Crippen LogP contribution < -0.4 is 4.74 Å². The van der Waals surface area contributed by atoms with E-state index in [1.54, 1.807) is 7.11 Å². The van der Waals surface area contributed by atoms with E-state index in [1.807, 2.05) is 42.4 Å². The molecule has 0 saturated carbocycles. The number of carbonyl (C=O) groups excluding carboxylic acids is 1. The van der Waals surface area contributed by atoms with Crippen molar-refractivity contribution in [2.45, 2.75) is 38.6 Å². The molecule has 2 heterocycles. The summed E-state index contributed by atoms with van der Waals surface area (Å²) in [6.45, 7) is 2.84. The van der Waals surface area contributed by atoms with Gasteiger partial charge in [0.25, 0.3) is 0 Å². The Labute approximate surface area is 136 Å². The van der Waals surface area contributed by atoms with Gasteiger partial charge in [-0.15, -0.1) is 0 Å². The first-order valence-corrected chi connectivity index (χ1v) is 8.10. The number of H-pyrrole nitrogens is 1. The molecule has 0 bridgehead atoms. The molecule has 2 aromatic rings. The Balaban J connectivity index is 1.80. The molecule has 23 heavy (non-hydrogen) atoms. The van der Waals surface area contributed by atoms with Crippen LogP contribution in [0.2, 0.25) is 0 Å². The smallest absolute Gasteiger partial charge is 0.227 e. The van der Waals surface area contributed by atoms with E-state index < -0.39 is 0 Å². The number of benzene rings is 1. The van der Waals surface area contributed by atoms with Crippen molar-refractivity contribution in [2.75, 3.05) is 13.7 Å². The number of nitrogens with zero attached hydrogens (tertiary/aromatic N) is 2. The number of likely N-dealkylation sites (tertiary alicyclic amines) is 1. The van der Waals surface area contributed by atoms with E-state index in [4.69, 9.17) is 4.74 Å². The SMILES string of the molecule is COc1ccc(C)cc1CC(=O)N1CCCC[C@@H]1c1cn[nH]c1. The lowest BCUT2D eigenvalue weighted by molar-refractivity contribution is -0.134. The largest absolute Gasteiger partial charge is 0.496 e. The van der Waals surface area contributed by atoms with Crippen LogP contribution in [0, 0.1) is 6.92 Å². The number of nitrogens with one attached hydrogen (secondary N) is 1. The molecule has 0 radical (unpaired) electrons. The van der Waals surface area contributed by atoms with Crippen molar-refractivity contribution in [1.29, 1.82) is 0 Å². The van der Waals surface area contributed by atoms with Gasteiger partial charge in [0, 0.05) is 23.9 Å². The second-order valence-corrected chi connectivity index (χ2v) is 6.12. The van der Waals surface area contributed by atoms with Crippen LogP contribution in [0.1, 0.15) is 42.0 Å². The maximum Gasteiger partial charge on any atom is 0.227 e. The van der Waals surface area contributed by atoms with Gasteiger partial charge in [-0.2, -0.15) is 5.10 Å². The van der Waals surface area contributed by atoms with Gasteiger partial charge in [0.15, 0.2) is 0 Å². The summed E-state index contributed by atoms with van der Waals surface area (Å²) in [6.07, 6.45) is 7.29. The quantitative estimate of drug-likeness (QED) is 0.944. The van der Waals surface area contributed by atoms with E-state index in [1.165, 1.54) is 0 Å². The van der Waals surface area contributed by atoms with Gasteiger partial charge in [0.1, 0.15) is 5.75 Å². The maximum atomic E-state index is 12.9. The van der Waals surface area contributed by atoms with Crippen LogP contribution in [0.25, 0.3) is 0 Å². The highest BCUT2D eigenvalue weighted by Crippen LogP contribution is 2.31. The van der Waals surface area contributed by atoms with Gasteiger partial charge in [-0.1, -0.05) is 17.7 Å². The highest BCUT2D eigenvalue weighted by molar-refractivity contribution is 5.80. The molecule has 0 spiro atoms. The molecule has 5 heteroatoms. The molecule has 1 N–H and O–H groups in total. The van der Waals surface area contributed by atoms with Crippen LogP contribution in [0.15, 0.2) is 30.6 Å². The third-order valence-electron chi connectivity index (χ3n) is 4.50. The molecule has 1 saturated heterocycles. The molecular formula is C18H23N3O2. The summed E-state index contributed by atoms with van der Waals surface area (Å²) in [5, 5.41) is 6.89. The minimum Gasteiger partial charge on any atom is -0.496 e. The molecule has 1 aromatic heterocycles. The molecule has 1 amide bonds. The number of aromatic amines is 1. The summed E-state index contributed by atoms with van der Waals surface area (Å²) in [5.74, 6) is 0.931. The topological polar surface area (TPSA) is 58.2 Å². The molecule has 3 rings (SSSR count). The summed E-state index contributed by atoms with van der Waals surface area (Å²) in [4.78, 5) is 14.9. The number of aryl methyl sites for hydroxylation is 1. The number of amides is 1. The number of methoxy groups -OCH3 is 1. The van der Waals surface area contributed by atoms with E-state index in [9.17, 15) is 4.79 Å². The van der Waals surface area contributed by atoms with Gasteiger partial charge in [0.05, 0.1) is 25.8 Å². The van der Waals surface area contributed by atoms with Crippen molar-refractivity contribution in [3.05, 3.63) is 47.3 Å². The Hall–Kier alpha value is -2.30. The van der Waals surface area contributed by atoms with Gasteiger partial charge in [-0.3, -0.25) is 9.89 Å². The van der Waals surface area contributed by atoms with Gasteiger partial charge in [-0.05, 0) is 32.3 Å². The van der Waals surface area contributed by atoms with Crippen molar-refractivity contribution in [1.82, 2.24) is 15.1 Å². The van der Waals surface area contributed by atoms with Gasteiger partial charge < -0.3 is 9.64 Å². The average molecular weight is 313 g/mol. The Morgan fingerprint density at radius 3 is 3.04 bits per heavy atom. The van der Waals surface area contributed by atoms with Crippen LogP contribution >= 0.6 is 0 Å². The number of carbonyl (C=O) groups is 1. The molecule has 1 fully saturated rings. The Morgan fingerprint density at radius 2 is 2.30 bits per heavy atom. The van der Waals surface area contributed by atoms with E-state index in [0.717, 1.165) is 48.2 Å². The fourth-order valence-corrected chi connectivity index (χ4v) is 3.33. The number of aromatic nitrogens is 2. The Morgan fingerprint density at radius 1 is 1.43 bits per heavy atom. The normalized spacial score (nSPS) is 18.0. The zero-order valence-electron chi connectivity index (χ0n) is 13.7. The first-order chi connectivity index (χ1) is 11.2. The summed E-state index contributed by atoms with van der Waals surface area (Å²) < 4.78 is 5.40. The molecular weight excluding hydrogens is 290 g/mol. The summed E-state index contributed by atoms with van der Waals surface area (Å²) in [5.41, 5.74) is 3.18. The lowest BCUT2D eigenvalue weighted by Crippen LogP contribution is -2.39. The number of hydrogen-bond acceptors (Lipinski definition) is 3. The first-order valence-electron chi connectivity index (χ1n) is 8.10. The molecule has 1 aliphatic heterocycles. The van der Waals surface area contributed by atoms with E-state index in [-0.39, 0.29) is 11.9 Å². The Kier molecular flexibility index (Phi) is 4.65. The standard InChI is InChI=1S/C18H23N3O2/c1-13-6-7-17(23-2)14(9-13)10-18(22)21-8-4-3-5-16(21)15-11-19-20-12-15/h6-7,9,11-12,16H,3-5,8,10H2,1-2H3,(H,19,20)/t16-/m1/s1. The van der Waals surface area contributed by atoms with Crippen molar-refractivity contribution >= 4 is 5.91 Å². The highest BCUT2D eigenvalue weighted by atomic mass is 16.5. The van der Waals surface area contributed by atoms with Crippen LogP contribution in [-0.4, -0.2) is 34.7 Å². The third-order valence-corrected chi connectivity index (χ3v) is 4.50. The van der Waals surface area contributed by atoms with Crippen molar-refractivity contribution in [3.8, 4) is 5.75 Å². The highest BCUT2D eigenvalue weighted by Gasteiger charge is 2.28. The Bertz CT molecular complexity index is 667. The molecule has 5 nitrogen and oxygen atoms in total. The van der Waals surface area contributed by atoms with Gasteiger partial charge in [-0.25, -0.2) is 0 Å². The number of piperidine rings is 1. The summed E-state index contributed by atoms with van der Waals surface area (Å²) in [7, 11) is 1.65. The van der Waals surface area contributed by atoms with Crippen LogP contribution in [0.4, 0.5) is 0 Å². The maximum absolute atomic E-state index is 12.9. The van der Waals surface area contributed by atoms with Gasteiger partial charge in [0.2, 0.25) is 5.91 Å². The van der Waals surface area contributed by atoms with Crippen molar-refractivity contribution in [2.24, 2.45) is 0 Å². The van der Waals surface area contributed by atoms with E-state index in [2.05, 4.69) is 10.2 Å². The predicted molar refractivity (Wildman–Crippen MR) is 88.3 cm³/mol. The third kappa shape index (κ3) is 3.38. The van der Waals surface area contributed by atoms with E-state index >= 15 is 0 Å². The minimum absolute atomic E-state index is 0.130. The second kappa shape index (κ2) is 6.86. The summed E-state index contributed by atoms with van der Waals surface area (Å²) in [6, 6.07) is 6.10. The fourth-order valence-electron chi connectivity index (χ4n) is 3.33. The molecule has 1 aliphatic rings. The first kappa shape index (κ1) is 15.6. The lowest BCUT2D eigenvalue weighted by Gasteiger charge is -2.35. The number of ether oxygens (including phenoxy) is 1. The van der Waals surface area contributed by atoms with Crippen molar-refractivity contribution in [3.63, 3.8) is 0 Å². The number of hydrogen-bond donors (Lipinski definition) is 1. The molecule has 1 atom stereocenters. The minimum atomic E-state index is 0.130. The molecule has 122 valence electrons. The van der Waals surface area contributed by atoms with Gasteiger partial charge >= 0.3 is 0 Å². The van der Waals surface area contributed by atoms with Crippen molar-refractivity contribution < 1.29 is 9.53 Å². The average Bonchev–Trinajstić information content (AvgIpc) is 3.09. The van der Waals surface area contributed by atoms with E-state index in [0.29, 0.717) is 6.42 Å². The van der Waals surface area contributed by atoms with Crippen LogP contribution in [0.5, 0.6) is 5.75 Å². The summed E-state index contributed by atoms with van der Waals surface area (Å²) >= 11 is 0. The fraction of sp³-hybridized carbons (Fsp3) is 0.444. The predicted octanol–water partition coefficient (Wildman–Crippen LogP) is 3.02.